The lowest BCUT2D eigenvalue weighted by Gasteiger charge is -2.19. The van der Waals surface area contributed by atoms with Crippen LogP contribution in [0, 0.1) is 12.3 Å². The molecule has 9 heteroatoms. The number of anilines is 2. The highest BCUT2D eigenvalue weighted by Crippen LogP contribution is 2.20. The quantitative estimate of drug-likeness (QED) is 0.489. The lowest BCUT2D eigenvalue weighted by atomic mass is 10.1. The van der Waals surface area contributed by atoms with Gasteiger partial charge in [0.15, 0.2) is 0 Å². The van der Waals surface area contributed by atoms with E-state index in [2.05, 4.69) is 21.9 Å². The first-order chi connectivity index (χ1) is 14.8. The van der Waals surface area contributed by atoms with Crippen molar-refractivity contribution in [3.63, 3.8) is 0 Å². The summed E-state index contributed by atoms with van der Waals surface area (Å²) < 4.78 is 26.7. The molecule has 2 amide bonds. The van der Waals surface area contributed by atoms with Crippen LogP contribution in [0.5, 0.6) is 0 Å². The van der Waals surface area contributed by atoms with Crippen LogP contribution in [-0.2, 0) is 14.8 Å². The summed E-state index contributed by atoms with van der Waals surface area (Å²) in [6, 6.07) is 12.8. The van der Waals surface area contributed by atoms with Gasteiger partial charge in [0.25, 0.3) is 5.91 Å². The zero-order valence-electron chi connectivity index (χ0n) is 17.5. The number of hydrogen-bond acceptors (Lipinski definition) is 5. The Morgan fingerprint density at radius 1 is 1.06 bits per heavy atom. The fourth-order valence-corrected chi connectivity index (χ4v) is 4.39. The first-order valence-electron chi connectivity index (χ1n) is 9.78. The monoisotopic (exact) mass is 442 g/mol. The molecule has 2 rings (SSSR count). The standard InChI is InChI=1S/C22H26N4O4S/c1-4-14-23-22(28)19-12-7-8-13-20(19)24-16-21(27)25-17-10-9-11-18(15-17)31(29,30)26(5-2)6-3/h1,7-13,15,24H,5-6,14,16H2,2-3H3,(H,23,28)(H,25,27). The van der Waals surface area contributed by atoms with E-state index in [1.807, 2.05) is 0 Å². The van der Waals surface area contributed by atoms with Gasteiger partial charge >= 0.3 is 0 Å². The van der Waals surface area contributed by atoms with Crippen molar-refractivity contribution in [1.29, 1.82) is 0 Å². The van der Waals surface area contributed by atoms with Crippen molar-refractivity contribution in [1.82, 2.24) is 9.62 Å². The molecule has 0 aromatic heterocycles. The van der Waals surface area contributed by atoms with Crippen LogP contribution in [0.3, 0.4) is 0 Å². The Bertz CT molecular complexity index is 1070. The van der Waals surface area contributed by atoms with E-state index < -0.39 is 15.9 Å². The highest BCUT2D eigenvalue weighted by Gasteiger charge is 2.21. The zero-order chi connectivity index (χ0) is 22.9. The van der Waals surface area contributed by atoms with Crippen LogP contribution in [0.2, 0.25) is 0 Å². The van der Waals surface area contributed by atoms with Crippen LogP contribution < -0.4 is 16.0 Å². The summed E-state index contributed by atoms with van der Waals surface area (Å²) in [4.78, 5) is 24.7. The van der Waals surface area contributed by atoms with Gasteiger partial charge in [-0.15, -0.1) is 6.42 Å². The maximum Gasteiger partial charge on any atom is 0.254 e. The minimum Gasteiger partial charge on any atom is -0.376 e. The van der Waals surface area contributed by atoms with Gasteiger partial charge in [-0.05, 0) is 30.3 Å². The van der Waals surface area contributed by atoms with Gasteiger partial charge in [0, 0.05) is 24.5 Å². The summed E-state index contributed by atoms with van der Waals surface area (Å²) in [6.07, 6.45) is 5.16. The van der Waals surface area contributed by atoms with E-state index in [-0.39, 0.29) is 23.9 Å². The van der Waals surface area contributed by atoms with Crippen molar-refractivity contribution >= 4 is 33.2 Å². The number of sulfonamides is 1. The molecule has 2 aromatic rings. The number of para-hydroxylation sites is 1. The van der Waals surface area contributed by atoms with Gasteiger partial charge in [0.2, 0.25) is 15.9 Å². The molecule has 0 unspecified atom stereocenters. The molecule has 0 bridgehead atoms. The molecule has 2 aromatic carbocycles. The molecule has 31 heavy (non-hydrogen) atoms. The summed E-state index contributed by atoms with van der Waals surface area (Å²) in [7, 11) is -3.63. The first kappa shape index (κ1) is 23.9. The molecule has 8 nitrogen and oxygen atoms in total. The molecule has 3 N–H and O–H groups in total. The van der Waals surface area contributed by atoms with Gasteiger partial charge in [0.1, 0.15) is 0 Å². The number of amides is 2. The predicted octanol–water partition coefficient (Wildman–Crippen LogP) is 2.13. The van der Waals surface area contributed by atoms with E-state index in [4.69, 9.17) is 6.42 Å². The van der Waals surface area contributed by atoms with Gasteiger partial charge < -0.3 is 16.0 Å². The number of carbonyl (C=O) groups excluding carboxylic acids is 2. The topological polar surface area (TPSA) is 108 Å². The maximum atomic E-state index is 12.7. The number of nitrogens with zero attached hydrogens (tertiary/aromatic N) is 1. The molecule has 0 saturated carbocycles. The molecule has 0 aliphatic carbocycles. The number of nitrogens with one attached hydrogen (secondary N) is 3. The minimum absolute atomic E-state index is 0.0976. The second-order valence-corrected chi connectivity index (χ2v) is 8.39. The van der Waals surface area contributed by atoms with Gasteiger partial charge in [-0.25, -0.2) is 8.42 Å². The van der Waals surface area contributed by atoms with E-state index in [0.29, 0.717) is 30.0 Å². The molecule has 0 spiro atoms. The van der Waals surface area contributed by atoms with Gasteiger partial charge in [0.05, 0.1) is 23.5 Å². The van der Waals surface area contributed by atoms with Gasteiger partial charge in [-0.3, -0.25) is 9.59 Å². The van der Waals surface area contributed by atoms with Crippen molar-refractivity contribution < 1.29 is 18.0 Å². The number of benzene rings is 2. The van der Waals surface area contributed by atoms with Crippen LogP contribution >= 0.6 is 0 Å². The molecule has 0 aliphatic heterocycles. The molecule has 164 valence electrons. The number of terminal acetylenes is 1. The molecular weight excluding hydrogens is 416 g/mol. The summed E-state index contributed by atoms with van der Waals surface area (Å²) in [5, 5.41) is 8.17. The zero-order valence-corrected chi connectivity index (χ0v) is 18.3. The molecule has 0 saturated heterocycles. The van der Waals surface area contributed by atoms with Crippen molar-refractivity contribution in [2.24, 2.45) is 0 Å². The third-order valence-corrected chi connectivity index (χ3v) is 6.47. The molecule has 0 heterocycles. The predicted molar refractivity (Wildman–Crippen MR) is 121 cm³/mol. The number of carbonyl (C=O) groups is 2. The second-order valence-electron chi connectivity index (χ2n) is 6.45. The highest BCUT2D eigenvalue weighted by atomic mass is 32.2. The fourth-order valence-electron chi connectivity index (χ4n) is 2.89. The second kappa shape index (κ2) is 11.2. The highest BCUT2D eigenvalue weighted by molar-refractivity contribution is 7.89. The maximum absolute atomic E-state index is 12.7. The van der Waals surface area contributed by atoms with E-state index in [0.717, 1.165) is 0 Å². The number of rotatable bonds is 10. The van der Waals surface area contributed by atoms with Crippen molar-refractivity contribution in [3.05, 3.63) is 54.1 Å². The third kappa shape index (κ3) is 6.31. The Hall–Kier alpha value is -3.35. The summed E-state index contributed by atoms with van der Waals surface area (Å²) in [6.45, 7) is 4.22. The van der Waals surface area contributed by atoms with Crippen LogP contribution in [0.15, 0.2) is 53.4 Å². The average Bonchev–Trinajstić information content (AvgIpc) is 2.77. The van der Waals surface area contributed by atoms with Crippen LogP contribution in [-0.4, -0.2) is 50.7 Å². The normalized spacial score (nSPS) is 10.9. The minimum atomic E-state index is -3.63. The van der Waals surface area contributed by atoms with Crippen LogP contribution in [0.25, 0.3) is 0 Å². The molecular formula is C22H26N4O4S. The largest absolute Gasteiger partial charge is 0.376 e. The smallest absolute Gasteiger partial charge is 0.254 e. The first-order valence-corrected chi connectivity index (χ1v) is 11.2. The van der Waals surface area contributed by atoms with Crippen LogP contribution in [0.1, 0.15) is 24.2 Å². The Labute approximate surface area is 183 Å². The summed E-state index contributed by atoms with van der Waals surface area (Å²) in [5.41, 5.74) is 1.20. The molecule has 0 radical (unpaired) electrons. The Morgan fingerprint density at radius 3 is 2.45 bits per heavy atom. The van der Waals surface area contributed by atoms with E-state index >= 15 is 0 Å². The van der Waals surface area contributed by atoms with E-state index in [9.17, 15) is 18.0 Å². The van der Waals surface area contributed by atoms with Crippen molar-refractivity contribution in [2.45, 2.75) is 18.7 Å². The summed E-state index contributed by atoms with van der Waals surface area (Å²) in [5.74, 6) is 1.59. The molecule has 0 aliphatic rings. The van der Waals surface area contributed by atoms with Crippen molar-refractivity contribution in [2.75, 3.05) is 36.8 Å². The van der Waals surface area contributed by atoms with E-state index in [1.54, 1.807) is 50.2 Å². The summed E-state index contributed by atoms with van der Waals surface area (Å²) >= 11 is 0. The van der Waals surface area contributed by atoms with Crippen LogP contribution in [0.4, 0.5) is 11.4 Å². The molecule has 0 atom stereocenters. The average molecular weight is 443 g/mol. The molecule has 0 fully saturated rings. The van der Waals surface area contributed by atoms with Gasteiger partial charge in [-0.1, -0.05) is 38.0 Å². The Balaban J connectivity index is 2.07. The van der Waals surface area contributed by atoms with Crippen molar-refractivity contribution in [3.8, 4) is 12.3 Å². The lowest BCUT2D eigenvalue weighted by molar-refractivity contribution is -0.114. The van der Waals surface area contributed by atoms with E-state index in [1.165, 1.54) is 16.4 Å². The Kier molecular flexibility index (Phi) is 8.61. The number of hydrogen-bond donors (Lipinski definition) is 3. The third-order valence-electron chi connectivity index (χ3n) is 4.42. The van der Waals surface area contributed by atoms with Gasteiger partial charge in [-0.2, -0.15) is 4.31 Å². The fraction of sp³-hybridized carbons (Fsp3) is 0.273. The Morgan fingerprint density at radius 2 is 1.77 bits per heavy atom. The SMILES string of the molecule is C#CCNC(=O)c1ccccc1NCC(=O)Nc1cccc(S(=O)(=O)N(CC)CC)c1. The lowest BCUT2D eigenvalue weighted by Crippen LogP contribution is -2.30.